The number of hydrogen-bond donors (Lipinski definition) is 1. The number of nitrogens with one attached hydrogen (secondary N) is 1. The fourth-order valence-electron chi connectivity index (χ4n) is 6.02. The molecule has 0 spiro atoms. The van der Waals surface area contributed by atoms with Crippen LogP contribution in [-0.4, -0.2) is 50.7 Å². The zero-order valence-electron chi connectivity index (χ0n) is 24.9. The number of amidine groups is 1. The largest absolute Gasteiger partial charge is 0.573 e. The Morgan fingerprint density at radius 2 is 1.76 bits per heavy atom. The Morgan fingerprint density at radius 1 is 1.02 bits per heavy atom. The van der Waals surface area contributed by atoms with Gasteiger partial charge in [0.2, 0.25) is 0 Å². The Labute approximate surface area is 263 Å². The third-order valence-electron chi connectivity index (χ3n) is 8.12. The van der Waals surface area contributed by atoms with Gasteiger partial charge in [0.25, 0.3) is 0 Å². The number of aromatic nitrogens is 3. The van der Waals surface area contributed by atoms with Crippen molar-refractivity contribution in [2.45, 2.75) is 57.9 Å². The molecule has 6 rings (SSSR count). The molecular formula is C33H33F3N6O2S. The fourth-order valence-corrected chi connectivity index (χ4v) is 6.97. The molecule has 2 fully saturated rings. The highest BCUT2D eigenvalue weighted by molar-refractivity contribution is 8.14. The lowest BCUT2D eigenvalue weighted by Gasteiger charge is -2.32. The minimum Gasteiger partial charge on any atom is -0.406 e. The Kier molecular flexibility index (Phi) is 8.84. The summed E-state index contributed by atoms with van der Waals surface area (Å²) < 4.78 is 42.7. The van der Waals surface area contributed by atoms with E-state index in [9.17, 15) is 18.0 Å². The molecule has 0 radical (unpaired) electrons. The van der Waals surface area contributed by atoms with Crippen LogP contribution >= 0.6 is 11.8 Å². The average molecular weight is 635 g/mol. The molecule has 2 unspecified atom stereocenters. The summed E-state index contributed by atoms with van der Waals surface area (Å²) in [4.78, 5) is 24.1. The van der Waals surface area contributed by atoms with E-state index in [0.29, 0.717) is 17.4 Å². The van der Waals surface area contributed by atoms with Crippen molar-refractivity contribution in [3.05, 3.63) is 89.7 Å². The van der Waals surface area contributed by atoms with Crippen LogP contribution in [0.2, 0.25) is 0 Å². The van der Waals surface area contributed by atoms with Crippen molar-refractivity contribution < 1.29 is 22.7 Å². The Hall–Kier alpha value is -4.32. The van der Waals surface area contributed by atoms with Crippen LogP contribution < -0.4 is 15.0 Å². The number of ether oxygens (including phenoxy) is 1. The number of halogens is 3. The summed E-state index contributed by atoms with van der Waals surface area (Å²) >= 11 is 1.63. The highest BCUT2D eigenvalue weighted by Gasteiger charge is 2.31. The van der Waals surface area contributed by atoms with Gasteiger partial charge in [-0.05, 0) is 86.4 Å². The van der Waals surface area contributed by atoms with Gasteiger partial charge >= 0.3 is 12.4 Å². The summed E-state index contributed by atoms with van der Waals surface area (Å²) in [6.45, 7) is 5.03. The molecule has 12 heteroatoms. The van der Waals surface area contributed by atoms with Crippen molar-refractivity contribution in [2.24, 2.45) is 4.99 Å². The number of nitrogens with zero attached hydrogens (tertiary/aromatic N) is 5. The minimum atomic E-state index is -4.74. The van der Waals surface area contributed by atoms with E-state index in [1.54, 1.807) is 11.8 Å². The lowest BCUT2D eigenvalue weighted by atomic mass is 9.96. The Morgan fingerprint density at radius 3 is 2.47 bits per heavy atom. The highest BCUT2D eigenvalue weighted by Crippen LogP contribution is 2.36. The van der Waals surface area contributed by atoms with Crippen LogP contribution in [0.3, 0.4) is 0 Å². The molecule has 2 atom stereocenters. The minimum absolute atomic E-state index is 0.0547. The third kappa shape index (κ3) is 7.33. The van der Waals surface area contributed by atoms with E-state index in [2.05, 4.69) is 74.2 Å². The van der Waals surface area contributed by atoms with E-state index in [1.165, 1.54) is 52.0 Å². The van der Waals surface area contributed by atoms with E-state index < -0.39 is 6.36 Å². The average Bonchev–Trinajstić information content (AvgIpc) is 3.68. The molecule has 4 aromatic rings. The van der Waals surface area contributed by atoms with Gasteiger partial charge in [-0.1, -0.05) is 54.2 Å². The third-order valence-corrected chi connectivity index (χ3v) is 9.18. The number of aryl methyl sites for hydroxylation is 2. The van der Waals surface area contributed by atoms with E-state index in [4.69, 9.17) is 0 Å². The number of urea groups is 1. The van der Waals surface area contributed by atoms with Crippen molar-refractivity contribution in [1.29, 1.82) is 0 Å². The van der Waals surface area contributed by atoms with Gasteiger partial charge in [0, 0.05) is 29.6 Å². The molecule has 2 aliphatic rings. The van der Waals surface area contributed by atoms with Crippen LogP contribution in [0.5, 0.6) is 5.75 Å². The van der Waals surface area contributed by atoms with Crippen molar-refractivity contribution in [3.63, 3.8) is 0 Å². The predicted octanol–water partition coefficient (Wildman–Crippen LogP) is 7.79. The zero-order chi connectivity index (χ0) is 31.6. The van der Waals surface area contributed by atoms with Crippen molar-refractivity contribution in [1.82, 2.24) is 20.1 Å². The van der Waals surface area contributed by atoms with Gasteiger partial charge in [0.05, 0.1) is 5.69 Å². The van der Waals surface area contributed by atoms with E-state index in [0.717, 1.165) is 54.4 Å². The molecule has 234 valence electrons. The molecule has 1 aromatic heterocycles. The van der Waals surface area contributed by atoms with Crippen LogP contribution in [0, 0.1) is 13.8 Å². The normalized spacial score (nSPS) is 19.6. The Balaban J connectivity index is 1.06. The summed E-state index contributed by atoms with van der Waals surface area (Å²) in [5, 5.41) is 8.39. The number of amides is 2. The van der Waals surface area contributed by atoms with Crippen molar-refractivity contribution >= 4 is 28.6 Å². The second-order valence-corrected chi connectivity index (χ2v) is 12.4. The molecule has 45 heavy (non-hydrogen) atoms. The summed E-state index contributed by atoms with van der Waals surface area (Å²) in [5.41, 5.74) is 6.05. The first-order chi connectivity index (χ1) is 21.6. The Bertz CT molecular complexity index is 1670. The van der Waals surface area contributed by atoms with Gasteiger partial charge < -0.3 is 15.0 Å². The monoisotopic (exact) mass is 634 g/mol. The first-order valence-corrected chi connectivity index (χ1v) is 15.9. The van der Waals surface area contributed by atoms with Crippen LogP contribution in [0.1, 0.15) is 48.3 Å². The van der Waals surface area contributed by atoms with Crippen LogP contribution in [0.25, 0.3) is 17.1 Å². The fraction of sp³-hybridized carbons (Fsp3) is 0.333. The number of alkyl halides is 3. The number of carbonyl (C=O) groups is 1. The first-order valence-electron chi connectivity index (χ1n) is 14.9. The summed E-state index contributed by atoms with van der Waals surface area (Å²) in [5.74, 6) is 1.46. The van der Waals surface area contributed by atoms with Gasteiger partial charge in [-0.3, -0.25) is 0 Å². The van der Waals surface area contributed by atoms with E-state index >= 15 is 0 Å². The van der Waals surface area contributed by atoms with Crippen LogP contribution in [0.4, 0.5) is 23.7 Å². The van der Waals surface area contributed by atoms with Gasteiger partial charge in [0.1, 0.15) is 12.1 Å². The van der Waals surface area contributed by atoms with Gasteiger partial charge in [-0.2, -0.15) is 4.99 Å². The zero-order valence-corrected chi connectivity index (χ0v) is 25.7. The maximum absolute atomic E-state index is 13.0. The lowest BCUT2D eigenvalue weighted by molar-refractivity contribution is -0.274. The van der Waals surface area contributed by atoms with Gasteiger partial charge in [0.15, 0.2) is 11.0 Å². The number of thioether (sulfide) groups is 1. The second-order valence-electron chi connectivity index (χ2n) is 11.3. The molecule has 1 saturated heterocycles. The second kappa shape index (κ2) is 13.0. The SMILES string of the molecule is Cc1cccc(C)c1N1CCCSC1=NC(=O)NC1CCC(c2ccc(-c3ncn(-c4ccc(OC(F)(F)F)cc4)n3)cc2)C1. The molecule has 1 saturated carbocycles. The molecule has 2 heterocycles. The number of hydrogen-bond acceptors (Lipinski definition) is 5. The molecular weight excluding hydrogens is 601 g/mol. The van der Waals surface area contributed by atoms with Crippen LogP contribution in [0.15, 0.2) is 78.0 Å². The smallest absolute Gasteiger partial charge is 0.406 e. The van der Waals surface area contributed by atoms with Crippen molar-refractivity contribution in [2.75, 3.05) is 17.2 Å². The van der Waals surface area contributed by atoms with E-state index in [-0.39, 0.29) is 17.8 Å². The number of anilines is 1. The molecule has 8 nitrogen and oxygen atoms in total. The lowest BCUT2D eigenvalue weighted by Crippen LogP contribution is -2.38. The predicted molar refractivity (Wildman–Crippen MR) is 170 cm³/mol. The summed E-state index contributed by atoms with van der Waals surface area (Å²) in [7, 11) is 0. The maximum Gasteiger partial charge on any atom is 0.573 e. The van der Waals surface area contributed by atoms with Crippen molar-refractivity contribution in [3.8, 4) is 22.8 Å². The molecule has 2 amide bonds. The maximum atomic E-state index is 13.0. The number of carbonyl (C=O) groups excluding carboxylic acids is 1. The van der Waals surface area contributed by atoms with E-state index in [1.807, 2.05) is 12.1 Å². The molecule has 0 bridgehead atoms. The first kappa shape index (κ1) is 30.7. The molecule has 1 aliphatic heterocycles. The number of para-hydroxylation sites is 1. The highest BCUT2D eigenvalue weighted by atomic mass is 32.2. The molecule has 3 aromatic carbocycles. The number of aliphatic imine (C=N–C) groups is 1. The standard InChI is InChI=1S/C33H33F3N6O2S/c1-21-5-3-6-22(2)29(21)41-17-4-18-45-32(41)39-31(43)38-26-12-11-25(19-26)23-7-9-24(10-8-23)30-37-20-42(40-30)27-13-15-28(16-14-27)44-33(34,35)36/h3,5-10,13-16,20,25-26H,4,11-12,17-19H2,1-2H3,(H,38,43). The number of benzene rings is 3. The topological polar surface area (TPSA) is 84.6 Å². The van der Waals surface area contributed by atoms with Gasteiger partial charge in [-0.15, -0.1) is 18.3 Å². The molecule has 1 aliphatic carbocycles. The quantitative estimate of drug-likeness (QED) is 0.233. The summed E-state index contributed by atoms with van der Waals surface area (Å²) in [6.07, 6.45) is 0.501. The number of rotatable bonds is 6. The van der Waals surface area contributed by atoms with Crippen LogP contribution in [-0.2, 0) is 0 Å². The van der Waals surface area contributed by atoms with Gasteiger partial charge in [-0.25, -0.2) is 14.5 Å². The summed E-state index contributed by atoms with van der Waals surface area (Å²) in [6, 6.07) is 19.5. The molecule has 1 N–H and O–H groups in total.